The van der Waals surface area contributed by atoms with Gasteiger partial charge in [0.05, 0.1) is 41.4 Å². The number of carboxylic acid groups (broad SMARTS) is 1. The minimum absolute atomic E-state index is 0.0119. The predicted octanol–water partition coefficient (Wildman–Crippen LogP) is 6.00. The van der Waals surface area contributed by atoms with Gasteiger partial charge in [-0.05, 0) is 88.9 Å². The van der Waals surface area contributed by atoms with Crippen molar-refractivity contribution < 1.29 is 32.6 Å². The summed E-state index contributed by atoms with van der Waals surface area (Å²) in [6.07, 6.45) is -1.32. The standard InChI is InChI=1S/C29H32F3N5O4S/c1-5-19-13-22(16-34-24(19)41-11-9-18-8-10-35(27(39)40)17(2)12-18)37-26(42)36(25(38)28(37,3)4)21-7-6-20(15-33)23(14-21)29(30,31)32/h6-7,13-14,16-18H,5,8-12H2,1-4H3,(H,39,40). The molecule has 0 saturated carbocycles. The number of carbonyl (C=O) groups excluding carboxylic acids is 1. The van der Waals surface area contributed by atoms with Crippen LogP contribution in [0, 0.1) is 17.2 Å². The molecule has 42 heavy (non-hydrogen) atoms. The third-order valence-electron chi connectivity index (χ3n) is 7.90. The third kappa shape index (κ3) is 5.86. The summed E-state index contributed by atoms with van der Waals surface area (Å²) < 4.78 is 46.9. The Hall–Kier alpha value is -3.92. The quantitative estimate of drug-likeness (QED) is 0.384. The van der Waals surface area contributed by atoms with Gasteiger partial charge in [0.15, 0.2) is 5.11 Å². The maximum Gasteiger partial charge on any atom is 0.417 e. The molecule has 2 aromatic rings. The van der Waals surface area contributed by atoms with E-state index >= 15 is 0 Å². The van der Waals surface area contributed by atoms with Crippen molar-refractivity contribution in [3.8, 4) is 11.9 Å². The van der Waals surface area contributed by atoms with Crippen molar-refractivity contribution in [1.29, 1.82) is 5.26 Å². The molecule has 2 aliphatic heterocycles. The van der Waals surface area contributed by atoms with E-state index in [0.29, 0.717) is 37.1 Å². The molecule has 2 unspecified atom stereocenters. The number of nitriles is 1. The zero-order chi connectivity index (χ0) is 31.0. The lowest BCUT2D eigenvalue weighted by Crippen LogP contribution is -2.44. The van der Waals surface area contributed by atoms with E-state index in [1.54, 1.807) is 30.9 Å². The molecular formula is C29H32F3N5O4S. The number of pyridine rings is 1. The average molecular weight is 604 g/mol. The van der Waals surface area contributed by atoms with E-state index in [2.05, 4.69) is 4.98 Å². The van der Waals surface area contributed by atoms with Crippen LogP contribution in [0.3, 0.4) is 0 Å². The molecule has 2 aliphatic rings. The van der Waals surface area contributed by atoms with Gasteiger partial charge in [0.2, 0.25) is 5.88 Å². The number of rotatable bonds is 7. The molecule has 13 heteroatoms. The molecule has 2 atom stereocenters. The second-order valence-electron chi connectivity index (χ2n) is 11.0. The Morgan fingerprint density at radius 2 is 2.00 bits per heavy atom. The Kier molecular flexibility index (Phi) is 8.68. The first-order valence-electron chi connectivity index (χ1n) is 13.6. The zero-order valence-electron chi connectivity index (χ0n) is 23.7. The first-order chi connectivity index (χ1) is 19.7. The number of ether oxygens (including phenoxy) is 1. The van der Waals surface area contributed by atoms with Crippen LogP contribution in [-0.2, 0) is 17.4 Å². The van der Waals surface area contributed by atoms with Crippen LogP contribution in [0.15, 0.2) is 30.5 Å². The number of aryl methyl sites for hydroxylation is 1. The summed E-state index contributed by atoms with van der Waals surface area (Å²) >= 11 is 5.62. The number of benzene rings is 1. The van der Waals surface area contributed by atoms with Crippen LogP contribution in [0.4, 0.5) is 29.3 Å². The van der Waals surface area contributed by atoms with Gasteiger partial charge >= 0.3 is 12.3 Å². The number of likely N-dealkylation sites (tertiary alicyclic amines) is 1. The van der Waals surface area contributed by atoms with Gasteiger partial charge in [0.25, 0.3) is 5.91 Å². The number of piperidine rings is 1. The van der Waals surface area contributed by atoms with Crippen molar-refractivity contribution >= 4 is 40.7 Å². The first-order valence-corrected chi connectivity index (χ1v) is 14.0. The van der Waals surface area contributed by atoms with E-state index in [1.165, 1.54) is 17.2 Å². The van der Waals surface area contributed by atoms with Crippen LogP contribution in [0.5, 0.6) is 5.88 Å². The Morgan fingerprint density at radius 3 is 2.60 bits per heavy atom. The lowest BCUT2D eigenvalue weighted by atomic mass is 9.89. The Bertz CT molecular complexity index is 1440. The number of anilines is 2. The summed E-state index contributed by atoms with van der Waals surface area (Å²) in [5, 5.41) is 18.4. The van der Waals surface area contributed by atoms with Crippen molar-refractivity contribution in [2.75, 3.05) is 23.0 Å². The van der Waals surface area contributed by atoms with E-state index in [9.17, 15) is 27.9 Å². The molecule has 2 saturated heterocycles. The number of alkyl halides is 3. The highest BCUT2D eigenvalue weighted by atomic mass is 32.1. The fourth-order valence-electron chi connectivity index (χ4n) is 5.59. The van der Waals surface area contributed by atoms with Gasteiger partial charge < -0.3 is 19.6 Å². The van der Waals surface area contributed by atoms with Crippen LogP contribution in [0.1, 0.15) is 63.6 Å². The fourth-order valence-corrected chi connectivity index (χ4v) is 6.11. The highest BCUT2D eigenvalue weighted by molar-refractivity contribution is 7.81. The van der Waals surface area contributed by atoms with Gasteiger partial charge in [-0.15, -0.1) is 0 Å². The maximum atomic E-state index is 13.6. The largest absolute Gasteiger partial charge is 0.477 e. The number of hydrogen-bond donors (Lipinski definition) is 1. The summed E-state index contributed by atoms with van der Waals surface area (Å²) in [5.41, 5.74) is -1.76. The number of hydrogen-bond acceptors (Lipinski definition) is 6. The minimum Gasteiger partial charge on any atom is -0.477 e. The lowest BCUT2D eigenvalue weighted by molar-refractivity contribution is -0.137. The van der Waals surface area contributed by atoms with E-state index in [1.807, 2.05) is 13.8 Å². The second-order valence-corrected chi connectivity index (χ2v) is 11.4. The van der Waals surface area contributed by atoms with Crippen molar-refractivity contribution in [1.82, 2.24) is 9.88 Å². The molecule has 2 amide bonds. The highest BCUT2D eigenvalue weighted by Gasteiger charge is 2.51. The lowest BCUT2D eigenvalue weighted by Gasteiger charge is -2.35. The second kappa shape index (κ2) is 11.8. The van der Waals surface area contributed by atoms with E-state index in [-0.39, 0.29) is 16.8 Å². The van der Waals surface area contributed by atoms with E-state index in [4.69, 9.17) is 22.2 Å². The fraction of sp³-hybridized carbons (Fsp3) is 0.483. The van der Waals surface area contributed by atoms with Crippen LogP contribution in [-0.4, -0.2) is 56.8 Å². The first kappa shape index (κ1) is 31.0. The molecule has 1 aromatic carbocycles. The predicted molar refractivity (Wildman–Crippen MR) is 153 cm³/mol. The van der Waals surface area contributed by atoms with Gasteiger partial charge in [0.1, 0.15) is 5.54 Å². The Labute approximate surface area is 247 Å². The number of thiocarbonyl (C=S) groups is 1. The molecular weight excluding hydrogens is 571 g/mol. The molecule has 224 valence electrons. The van der Waals surface area contributed by atoms with Gasteiger partial charge in [-0.2, -0.15) is 18.4 Å². The molecule has 0 bridgehead atoms. The van der Waals surface area contributed by atoms with Gasteiger partial charge in [-0.3, -0.25) is 9.69 Å². The molecule has 0 radical (unpaired) electrons. The normalized spacial score (nSPS) is 20.6. The SMILES string of the molecule is CCc1cc(N2C(=S)N(c3ccc(C#N)c(C(F)(F)F)c3)C(=O)C2(C)C)cnc1OCCC1CCN(C(=O)O)C(C)C1. The summed E-state index contributed by atoms with van der Waals surface area (Å²) in [6.45, 7) is 7.99. The summed E-state index contributed by atoms with van der Waals surface area (Å²) in [6, 6.07) is 6.37. The monoisotopic (exact) mass is 603 g/mol. The van der Waals surface area contributed by atoms with Crippen molar-refractivity contribution in [2.45, 2.75) is 71.1 Å². The molecule has 0 aliphatic carbocycles. The van der Waals surface area contributed by atoms with Gasteiger partial charge in [0, 0.05) is 18.2 Å². The molecule has 9 nitrogen and oxygen atoms in total. The Balaban J connectivity index is 1.53. The van der Waals surface area contributed by atoms with Crippen LogP contribution < -0.4 is 14.5 Å². The topological polar surface area (TPSA) is 110 Å². The van der Waals surface area contributed by atoms with Crippen molar-refractivity contribution in [3.05, 3.63) is 47.2 Å². The number of nitrogens with zero attached hydrogens (tertiary/aromatic N) is 5. The summed E-state index contributed by atoms with van der Waals surface area (Å²) in [4.78, 5) is 33.4. The maximum absolute atomic E-state index is 13.6. The average Bonchev–Trinajstić information content (AvgIpc) is 3.10. The van der Waals surface area contributed by atoms with E-state index in [0.717, 1.165) is 41.9 Å². The van der Waals surface area contributed by atoms with Crippen LogP contribution in [0.25, 0.3) is 0 Å². The summed E-state index contributed by atoms with van der Waals surface area (Å²) in [5.74, 6) is 0.247. The molecule has 1 aromatic heterocycles. The summed E-state index contributed by atoms with van der Waals surface area (Å²) in [7, 11) is 0. The molecule has 3 heterocycles. The number of amides is 2. The van der Waals surface area contributed by atoms with Crippen LogP contribution in [0.2, 0.25) is 0 Å². The van der Waals surface area contributed by atoms with Crippen LogP contribution >= 0.6 is 12.2 Å². The van der Waals surface area contributed by atoms with Crippen molar-refractivity contribution in [3.63, 3.8) is 0 Å². The molecule has 2 fully saturated rings. The Morgan fingerprint density at radius 1 is 1.29 bits per heavy atom. The van der Waals surface area contributed by atoms with Gasteiger partial charge in [-0.25, -0.2) is 9.78 Å². The van der Waals surface area contributed by atoms with Gasteiger partial charge in [-0.1, -0.05) is 6.92 Å². The molecule has 4 rings (SSSR count). The minimum atomic E-state index is -4.79. The van der Waals surface area contributed by atoms with E-state index < -0.39 is 34.8 Å². The highest BCUT2D eigenvalue weighted by Crippen LogP contribution is 2.40. The van der Waals surface area contributed by atoms with Crippen molar-refractivity contribution in [2.24, 2.45) is 5.92 Å². The molecule has 1 N–H and O–H groups in total. The molecule has 0 spiro atoms. The zero-order valence-corrected chi connectivity index (χ0v) is 24.6. The smallest absolute Gasteiger partial charge is 0.417 e. The number of carbonyl (C=O) groups is 2. The number of aromatic nitrogens is 1. The number of halogens is 3. The third-order valence-corrected chi connectivity index (χ3v) is 8.27.